The van der Waals surface area contributed by atoms with Crippen molar-refractivity contribution in [2.45, 2.75) is 0 Å². The minimum Gasteiger partial charge on any atom is -0.321 e. The molecule has 0 aliphatic rings. The highest BCUT2D eigenvalue weighted by Crippen LogP contribution is 2.28. The van der Waals surface area contributed by atoms with Crippen LogP contribution in [0.3, 0.4) is 0 Å². The largest absolute Gasteiger partial charge is 0.321 e. The van der Waals surface area contributed by atoms with Crippen molar-refractivity contribution >= 4 is 56.7 Å². The quantitative estimate of drug-likeness (QED) is 0.622. The Morgan fingerprint density at radius 2 is 1.90 bits per heavy atom. The van der Waals surface area contributed by atoms with Crippen LogP contribution < -0.4 is 5.32 Å². The molecule has 2 aromatic carbocycles. The van der Waals surface area contributed by atoms with E-state index in [1.165, 1.54) is 0 Å². The van der Waals surface area contributed by atoms with Crippen molar-refractivity contribution < 1.29 is 4.79 Å². The van der Waals surface area contributed by atoms with Crippen molar-refractivity contribution in [2.75, 3.05) is 5.32 Å². The first kappa shape index (κ1) is 14.3. The lowest BCUT2D eigenvalue weighted by atomic mass is 10.1. The number of rotatable bonds is 2. The number of amides is 1. The van der Waals surface area contributed by atoms with Crippen molar-refractivity contribution in [3.63, 3.8) is 0 Å². The Balaban J connectivity index is 2.01. The number of benzene rings is 2. The van der Waals surface area contributed by atoms with Crippen LogP contribution in [0.4, 0.5) is 5.69 Å². The topological polar surface area (TPSA) is 42.0 Å². The van der Waals surface area contributed by atoms with Gasteiger partial charge in [0.05, 0.1) is 21.8 Å². The van der Waals surface area contributed by atoms with E-state index >= 15 is 0 Å². The van der Waals surface area contributed by atoms with E-state index in [0.29, 0.717) is 21.8 Å². The summed E-state index contributed by atoms with van der Waals surface area (Å²) in [6.45, 7) is 0. The van der Waals surface area contributed by atoms with Crippen LogP contribution in [-0.4, -0.2) is 10.9 Å². The lowest BCUT2D eigenvalue weighted by Crippen LogP contribution is -2.13. The second-order valence-electron chi connectivity index (χ2n) is 4.43. The molecule has 1 heterocycles. The van der Waals surface area contributed by atoms with E-state index in [0.717, 1.165) is 8.96 Å². The molecule has 5 heteroatoms. The minimum absolute atomic E-state index is 0.146. The summed E-state index contributed by atoms with van der Waals surface area (Å²) in [5.41, 5.74) is 2.02. The summed E-state index contributed by atoms with van der Waals surface area (Å²) in [6.07, 6.45) is 1.68. The number of halogens is 2. The Kier molecular flexibility index (Phi) is 4.07. The van der Waals surface area contributed by atoms with Crippen LogP contribution in [0.5, 0.6) is 0 Å². The Hall–Kier alpha value is -1.66. The van der Waals surface area contributed by atoms with Gasteiger partial charge in [-0.05, 0) is 59.0 Å². The highest BCUT2D eigenvalue weighted by atomic mass is 127. The molecule has 3 rings (SSSR count). The molecule has 1 aromatic heterocycles. The van der Waals surface area contributed by atoms with Gasteiger partial charge in [-0.1, -0.05) is 23.7 Å². The third kappa shape index (κ3) is 2.87. The zero-order chi connectivity index (χ0) is 14.8. The second-order valence-corrected chi connectivity index (χ2v) is 6.00. The molecule has 0 fully saturated rings. The van der Waals surface area contributed by atoms with Gasteiger partial charge in [0, 0.05) is 15.2 Å². The van der Waals surface area contributed by atoms with Crippen LogP contribution in [0, 0.1) is 3.57 Å². The van der Waals surface area contributed by atoms with Gasteiger partial charge in [0.15, 0.2) is 0 Å². The monoisotopic (exact) mass is 408 g/mol. The molecule has 0 unspecified atom stereocenters. The molecule has 0 saturated heterocycles. The van der Waals surface area contributed by atoms with Crippen molar-refractivity contribution in [1.29, 1.82) is 0 Å². The number of fused-ring (bicyclic) bond motifs is 1. The molecule has 0 radical (unpaired) electrons. The van der Waals surface area contributed by atoms with E-state index in [-0.39, 0.29) is 5.91 Å². The Bertz CT molecular complexity index is 835. The molecular formula is C16H10ClIN2O. The molecule has 21 heavy (non-hydrogen) atoms. The number of anilines is 1. The SMILES string of the molecule is O=C(Nc1ccc(Cl)c2ncccc12)c1ccccc1I. The van der Waals surface area contributed by atoms with Gasteiger partial charge < -0.3 is 5.32 Å². The summed E-state index contributed by atoms with van der Waals surface area (Å²) in [5, 5.41) is 4.32. The fourth-order valence-corrected chi connectivity index (χ4v) is 2.93. The first-order valence-electron chi connectivity index (χ1n) is 6.26. The normalized spacial score (nSPS) is 10.6. The molecule has 3 nitrogen and oxygen atoms in total. The molecule has 1 N–H and O–H groups in total. The average Bonchev–Trinajstić information content (AvgIpc) is 2.51. The molecule has 0 aliphatic heterocycles. The summed E-state index contributed by atoms with van der Waals surface area (Å²) < 4.78 is 0.906. The number of pyridine rings is 1. The number of hydrogen-bond donors (Lipinski definition) is 1. The van der Waals surface area contributed by atoms with Gasteiger partial charge in [-0.15, -0.1) is 0 Å². The number of aromatic nitrogens is 1. The molecule has 0 spiro atoms. The van der Waals surface area contributed by atoms with Crippen LogP contribution in [0.1, 0.15) is 10.4 Å². The summed E-state index contributed by atoms with van der Waals surface area (Å²) in [4.78, 5) is 16.6. The van der Waals surface area contributed by atoms with Crippen LogP contribution in [0.15, 0.2) is 54.7 Å². The number of nitrogens with zero attached hydrogens (tertiary/aromatic N) is 1. The number of carbonyl (C=O) groups is 1. The smallest absolute Gasteiger partial charge is 0.256 e. The Morgan fingerprint density at radius 3 is 2.71 bits per heavy atom. The van der Waals surface area contributed by atoms with Gasteiger partial charge in [0.1, 0.15) is 0 Å². The molecule has 0 saturated carbocycles. The lowest BCUT2D eigenvalue weighted by molar-refractivity contribution is 0.102. The van der Waals surface area contributed by atoms with Gasteiger partial charge >= 0.3 is 0 Å². The van der Waals surface area contributed by atoms with Crippen molar-refractivity contribution in [2.24, 2.45) is 0 Å². The lowest BCUT2D eigenvalue weighted by Gasteiger charge is -2.10. The minimum atomic E-state index is -0.146. The van der Waals surface area contributed by atoms with Crippen LogP contribution in [0.25, 0.3) is 10.9 Å². The number of carbonyl (C=O) groups excluding carboxylic acids is 1. The number of nitrogens with one attached hydrogen (secondary N) is 1. The summed E-state index contributed by atoms with van der Waals surface area (Å²) >= 11 is 8.28. The van der Waals surface area contributed by atoms with Crippen LogP contribution in [0.2, 0.25) is 5.02 Å². The summed E-state index contributed by atoms with van der Waals surface area (Å²) in [5.74, 6) is -0.146. The first-order chi connectivity index (χ1) is 10.2. The van der Waals surface area contributed by atoms with Crippen LogP contribution >= 0.6 is 34.2 Å². The zero-order valence-electron chi connectivity index (χ0n) is 10.8. The molecule has 0 atom stereocenters. The predicted octanol–water partition coefficient (Wildman–Crippen LogP) is 4.75. The molecule has 3 aromatic rings. The third-order valence-corrected chi connectivity index (χ3v) is 4.33. The zero-order valence-corrected chi connectivity index (χ0v) is 13.7. The molecule has 104 valence electrons. The first-order valence-corrected chi connectivity index (χ1v) is 7.71. The molecule has 0 bridgehead atoms. The van der Waals surface area contributed by atoms with Crippen molar-refractivity contribution in [3.8, 4) is 0 Å². The van der Waals surface area contributed by atoms with E-state index in [1.807, 2.05) is 30.3 Å². The maximum Gasteiger partial charge on any atom is 0.256 e. The second kappa shape index (κ2) is 5.99. The van der Waals surface area contributed by atoms with Gasteiger partial charge in [-0.3, -0.25) is 9.78 Å². The summed E-state index contributed by atoms with van der Waals surface area (Å²) in [6, 6.07) is 14.7. The maximum absolute atomic E-state index is 12.4. The predicted molar refractivity (Wildman–Crippen MR) is 93.9 cm³/mol. The van der Waals surface area contributed by atoms with Gasteiger partial charge in [-0.2, -0.15) is 0 Å². The highest BCUT2D eigenvalue weighted by molar-refractivity contribution is 14.1. The average molecular weight is 409 g/mol. The van der Waals surface area contributed by atoms with E-state index < -0.39 is 0 Å². The standard InChI is InChI=1S/C16H10ClIN2O/c17-12-7-8-14(11-5-3-9-19-15(11)12)20-16(21)10-4-1-2-6-13(10)18/h1-9H,(H,20,21). The van der Waals surface area contributed by atoms with E-state index in [9.17, 15) is 4.79 Å². The van der Waals surface area contributed by atoms with E-state index in [1.54, 1.807) is 24.4 Å². The van der Waals surface area contributed by atoms with E-state index in [2.05, 4.69) is 32.9 Å². The fourth-order valence-electron chi connectivity index (χ4n) is 2.08. The molecular weight excluding hydrogens is 399 g/mol. The van der Waals surface area contributed by atoms with E-state index in [4.69, 9.17) is 11.6 Å². The van der Waals surface area contributed by atoms with Gasteiger partial charge in [-0.25, -0.2) is 0 Å². The fraction of sp³-hybridized carbons (Fsp3) is 0. The van der Waals surface area contributed by atoms with Gasteiger partial charge in [0.25, 0.3) is 5.91 Å². The van der Waals surface area contributed by atoms with Crippen molar-refractivity contribution in [1.82, 2.24) is 4.98 Å². The van der Waals surface area contributed by atoms with Crippen molar-refractivity contribution in [3.05, 3.63) is 68.9 Å². The summed E-state index contributed by atoms with van der Waals surface area (Å²) in [7, 11) is 0. The Labute approximate surface area is 140 Å². The van der Waals surface area contributed by atoms with Crippen LogP contribution in [-0.2, 0) is 0 Å². The Morgan fingerprint density at radius 1 is 1.10 bits per heavy atom. The molecule has 0 aliphatic carbocycles. The molecule has 1 amide bonds. The number of hydrogen-bond acceptors (Lipinski definition) is 2. The van der Waals surface area contributed by atoms with Gasteiger partial charge in [0.2, 0.25) is 0 Å². The highest BCUT2D eigenvalue weighted by Gasteiger charge is 2.12. The third-order valence-electron chi connectivity index (χ3n) is 3.09. The maximum atomic E-state index is 12.4.